The van der Waals surface area contributed by atoms with E-state index < -0.39 is 11.2 Å². The molecule has 0 aliphatic heterocycles. The number of hydrogen-bond donors (Lipinski definition) is 1. The average molecular weight is 224 g/mol. The molecule has 0 saturated heterocycles. The molecule has 14 heavy (non-hydrogen) atoms. The highest BCUT2D eigenvalue weighted by molar-refractivity contribution is 8.01. The topological polar surface area (TPSA) is 37.3 Å². The first kappa shape index (κ1) is 11.8. The number of carboxylic acids is 1. The second-order valence-electron chi connectivity index (χ2n) is 3.83. The van der Waals surface area contributed by atoms with Crippen molar-refractivity contribution in [3.05, 3.63) is 0 Å². The fourth-order valence-corrected chi connectivity index (χ4v) is 2.97. The van der Waals surface area contributed by atoms with Crippen LogP contribution in [0, 0.1) is 5.92 Å². The molecule has 1 N–H and O–H groups in total. The molecule has 0 amide bonds. The van der Waals surface area contributed by atoms with E-state index >= 15 is 0 Å². The second-order valence-corrected chi connectivity index (χ2v) is 5.25. The van der Waals surface area contributed by atoms with Crippen molar-refractivity contribution in [2.24, 2.45) is 5.92 Å². The second kappa shape index (κ2) is 4.47. The maximum absolute atomic E-state index is 12.8. The van der Waals surface area contributed by atoms with Crippen LogP contribution in [0.25, 0.3) is 0 Å². The molecule has 82 valence electrons. The molecule has 2 unspecified atom stereocenters. The van der Waals surface area contributed by atoms with Crippen molar-refractivity contribution in [3.8, 4) is 0 Å². The Morgan fingerprint density at radius 2 is 2.14 bits per heavy atom. The van der Waals surface area contributed by atoms with Gasteiger partial charge >= 0.3 is 11.2 Å². The fourth-order valence-electron chi connectivity index (χ4n) is 1.75. The third kappa shape index (κ3) is 3.12. The number of thioether (sulfide) groups is 1. The molecular weight excluding hydrogens is 210 g/mol. The SMILES string of the molecule is CC1CCCC(SC(F)(F)C(=O)O)C1. The van der Waals surface area contributed by atoms with E-state index in [1.54, 1.807) is 0 Å². The van der Waals surface area contributed by atoms with Gasteiger partial charge in [0.15, 0.2) is 0 Å². The molecular formula is C9H14F2O2S. The summed E-state index contributed by atoms with van der Waals surface area (Å²) in [6.45, 7) is 2.02. The standard InChI is InChI=1S/C9H14F2O2S/c1-6-3-2-4-7(5-6)14-9(10,11)8(12)13/h6-7H,2-5H2,1H3,(H,12,13). The van der Waals surface area contributed by atoms with Crippen LogP contribution < -0.4 is 0 Å². The normalized spacial score (nSPS) is 28.8. The van der Waals surface area contributed by atoms with E-state index in [1.807, 2.05) is 6.92 Å². The molecule has 5 heteroatoms. The van der Waals surface area contributed by atoms with Crippen molar-refractivity contribution in [2.45, 2.75) is 43.1 Å². The summed E-state index contributed by atoms with van der Waals surface area (Å²) in [5, 5.41) is 4.44. The van der Waals surface area contributed by atoms with E-state index in [1.165, 1.54) is 0 Å². The van der Waals surface area contributed by atoms with Crippen molar-refractivity contribution in [3.63, 3.8) is 0 Å². The Morgan fingerprint density at radius 3 is 2.64 bits per heavy atom. The van der Waals surface area contributed by atoms with Gasteiger partial charge in [0.25, 0.3) is 0 Å². The monoisotopic (exact) mass is 224 g/mol. The van der Waals surface area contributed by atoms with Crippen molar-refractivity contribution in [1.29, 1.82) is 0 Å². The summed E-state index contributed by atoms with van der Waals surface area (Å²) in [4.78, 5) is 10.2. The first-order chi connectivity index (χ1) is 6.42. The zero-order chi connectivity index (χ0) is 10.8. The molecule has 2 nitrogen and oxygen atoms in total. The molecule has 0 radical (unpaired) electrons. The van der Waals surface area contributed by atoms with Crippen molar-refractivity contribution in [1.82, 2.24) is 0 Å². The maximum Gasteiger partial charge on any atom is 0.389 e. The first-order valence-electron chi connectivity index (χ1n) is 4.71. The highest BCUT2D eigenvalue weighted by Gasteiger charge is 2.42. The summed E-state index contributed by atoms with van der Waals surface area (Å²) in [6.07, 6.45) is 3.40. The lowest BCUT2D eigenvalue weighted by Gasteiger charge is -2.27. The number of carbonyl (C=O) groups is 1. The molecule has 0 heterocycles. The smallest absolute Gasteiger partial charge is 0.389 e. The lowest BCUT2D eigenvalue weighted by molar-refractivity contribution is -0.153. The Balaban J connectivity index is 2.47. The predicted molar refractivity (Wildman–Crippen MR) is 51.6 cm³/mol. The van der Waals surface area contributed by atoms with Crippen LogP contribution in [0.1, 0.15) is 32.6 Å². The number of rotatable bonds is 3. The van der Waals surface area contributed by atoms with Gasteiger partial charge in [-0.1, -0.05) is 31.5 Å². The van der Waals surface area contributed by atoms with E-state index in [4.69, 9.17) is 5.11 Å². The van der Waals surface area contributed by atoms with Gasteiger partial charge in [0.05, 0.1) is 0 Å². The van der Waals surface area contributed by atoms with Crippen LogP contribution in [0.5, 0.6) is 0 Å². The van der Waals surface area contributed by atoms with E-state index in [2.05, 4.69) is 0 Å². The molecule has 1 saturated carbocycles. The largest absolute Gasteiger partial charge is 0.476 e. The van der Waals surface area contributed by atoms with Crippen LogP contribution in [0.2, 0.25) is 0 Å². The Bertz CT molecular complexity index is 221. The minimum Gasteiger partial charge on any atom is -0.476 e. The van der Waals surface area contributed by atoms with E-state index in [9.17, 15) is 13.6 Å². The number of halogens is 2. The third-order valence-corrected chi connectivity index (χ3v) is 3.68. The predicted octanol–water partition coefficient (Wildman–Crippen LogP) is 2.98. The Kier molecular flexibility index (Phi) is 3.75. The molecule has 0 aromatic carbocycles. The zero-order valence-electron chi connectivity index (χ0n) is 8.00. The van der Waals surface area contributed by atoms with Crippen molar-refractivity contribution in [2.75, 3.05) is 0 Å². The summed E-state index contributed by atoms with van der Waals surface area (Å²) in [6, 6.07) is 0. The molecule has 0 bridgehead atoms. The molecule has 1 rings (SSSR count). The minimum atomic E-state index is -3.62. The summed E-state index contributed by atoms with van der Waals surface area (Å²) < 4.78 is 25.6. The lowest BCUT2D eigenvalue weighted by Crippen LogP contribution is -2.29. The van der Waals surface area contributed by atoms with Gasteiger partial charge in [0.1, 0.15) is 0 Å². The van der Waals surface area contributed by atoms with Crippen LogP contribution in [-0.2, 0) is 4.79 Å². The number of aliphatic carboxylic acids is 1. The third-order valence-electron chi connectivity index (χ3n) is 2.45. The summed E-state index contributed by atoms with van der Waals surface area (Å²) in [7, 11) is 0. The highest BCUT2D eigenvalue weighted by Crippen LogP contribution is 2.40. The minimum absolute atomic E-state index is 0.204. The molecule has 1 aliphatic rings. The molecule has 0 spiro atoms. The molecule has 2 atom stereocenters. The van der Waals surface area contributed by atoms with Crippen LogP contribution in [0.4, 0.5) is 8.78 Å². The van der Waals surface area contributed by atoms with Crippen molar-refractivity contribution >= 4 is 17.7 Å². The van der Waals surface area contributed by atoms with Gasteiger partial charge in [0.2, 0.25) is 0 Å². The first-order valence-corrected chi connectivity index (χ1v) is 5.59. The van der Waals surface area contributed by atoms with Crippen LogP contribution in [0.15, 0.2) is 0 Å². The van der Waals surface area contributed by atoms with Gasteiger partial charge in [-0.05, 0) is 18.8 Å². The number of hydrogen-bond acceptors (Lipinski definition) is 2. The van der Waals surface area contributed by atoms with Gasteiger partial charge in [-0.2, -0.15) is 8.78 Å². The zero-order valence-corrected chi connectivity index (χ0v) is 8.82. The average Bonchev–Trinajstić information content (AvgIpc) is 2.02. The number of alkyl halides is 2. The molecule has 0 aromatic heterocycles. The molecule has 1 fully saturated rings. The fraction of sp³-hybridized carbons (Fsp3) is 0.889. The Hall–Kier alpha value is -0.320. The van der Waals surface area contributed by atoms with Gasteiger partial charge in [0, 0.05) is 5.25 Å². The van der Waals surface area contributed by atoms with E-state index in [0.29, 0.717) is 30.5 Å². The Morgan fingerprint density at radius 1 is 1.50 bits per heavy atom. The number of carboxylic acid groups (broad SMARTS) is 1. The van der Waals surface area contributed by atoms with E-state index in [0.717, 1.165) is 12.8 Å². The van der Waals surface area contributed by atoms with Gasteiger partial charge in [-0.3, -0.25) is 0 Å². The van der Waals surface area contributed by atoms with Gasteiger partial charge in [-0.25, -0.2) is 4.79 Å². The summed E-state index contributed by atoms with van der Waals surface area (Å²) in [5.41, 5.74) is 0. The molecule has 1 aliphatic carbocycles. The summed E-state index contributed by atoms with van der Waals surface area (Å²) >= 11 is 0.302. The van der Waals surface area contributed by atoms with Crippen LogP contribution in [0.3, 0.4) is 0 Å². The summed E-state index contributed by atoms with van der Waals surface area (Å²) in [5.74, 6) is -1.59. The Labute approximate surface area is 86.1 Å². The van der Waals surface area contributed by atoms with Gasteiger partial charge < -0.3 is 5.11 Å². The van der Waals surface area contributed by atoms with Gasteiger partial charge in [-0.15, -0.1) is 0 Å². The highest BCUT2D eigenvalue weighted by atomic mass is 32.2. The maximum atomic E-state index is 12.8. The lowest BCUT2D eigenvalue weighted by atomic mass is 9.91. The van der Waals surface area contributed by atoms with Crippen LogP contribution in [-0.4, -0.2) is 21.6 Å². The van der Waals surface area contributed by atoms with Crippen LogP contribution >= 0.6 is 11.8 Å². The van der Waals surface area contributed by atoms with Crippen molar-refractivity contribution < 1.29 is 18.7 Å². The van der Waals surface area contributed by atoms with E-state index in [-0.39, 0.29) is 5.25 Å². The quantitative estimate of drug-likeness (QED) is 0.800. The molecule has 0 aromatic rings.